The number of allylic oxidation sites excluding steroid dienone is 1. The molecule has 10 heteroatoms. The van der Waals surface area contributed by atoms with E-state index in [9.17, 15) is 9.90 Å². The molecule has 0 radical (unpaired) electrons. The van der Waals surface area contributed by atoms with E-state index in [0.29, 0.717) is 32.6 Å². The van der Waals surface area contributed by atoms with Crippen LogP contribution in [-0.2, 0) is 28.5 Å². The molecule has 226 valence electrons. The van der Waals surface area contributed by atoms with Gasteiger partial charge in [-0.3, -0.25) is 4.79 Å². The van der Waals surface area contributed by atoms with Gasteiger partial charge in [-0.05, 0) is 82.2 Å². The van der Waals surface area contributed by atoms with Crippen molar-refractivity contribution in [3.05, 3.63) is 33.9 Å². The van der Waals surface area contributed by atoms with Crippen LogP contribution in [0.1, 0.15) is 80.1 Å². The Bertz CT molecular complexity index is 1220. The Kier molecular flexibility index (Phi) is 6.77. The van der Waals surface area contributed by atoms with Gasteiger partial charge >= 0.3 is 0 Å². The van der Waals surface area contributed by atoms with Crippen LogP contribution in [0.5, 0.6) is 0 Å². The summed E-state index contributed by atoms with van der Waals surface area (Å²) in [5.74, 6) is -2.43. The molecular formula is C31H45N3O7. The van der Waals surface area contributed by atoms with E-state index in [1.165, 1.54) is 5.57 Å². The third-order valence-electron chi connectivity index (χ3n) is 11.1. The van der Waals surface area contributed by atoms with Gasteiger partial charge < -0.3 is 28.8 Å². The van der Waals surface area contributed by atoms with Gasteiger partial charge in [-0.15, -0.1) is 0 Å². The van der Waals surface area contributed by atoms with E-state index in [-0.39, 0.29) is 29.0 Å². The van der Waals surface area contributed by atoms with E-state index in [1.54, 1.807) is 6.92 Å². The molecule has 4 aliphatic heterocycles. The van der Waals surface area contributed by atoms with Crippen LogP contribution >= 0.6 is 0 Å². The standard InChI is InChI=1S/C31H45N3O7/c1-17(2)20-10-11-21-29-16-38-31(30(21,18(3)35)26(20)40-28(6,7)41-31)24(36)23(29)27(4,5)15-19-9-12-22(39-25(19)29)37-14-8-13-33-34-32/h20-24,26,36H,1,8-16H2,2-7H3/t20-,21-,22+,23+,24-,26+,29-,30+,31?/m0/s1. The SMILES string of the molecule is C=C(C)[C@@H]1CC[C@H]2[C@@]34COC5(OC(C)(C)O[C@H]1[C@@]25C(C)=O)[C@@H](O)[C@@H]3C(C)(C)CC1=C4O[C@@H](OCCCN=[N+]=[N-])CC1. The van der Waals surface area contributed by atoms with Crippen molar-refractivity contribution in [1.82, 2.24) is 0 Å². The number of aliphatic hydroxyl groups excluding tert-OH is 1. The first-order valence-electron chi connectivity index (χ1n) is 15.2. The van der Waals surface area contributed by atoms with Crippen molar-refractivity contribution in [3.63, 3.8) is 0 Å². The molecule has 1 unspecified atom stereocenters. The quantitative estimate of drug-likeness (QED) is 0.139. The summed E-state index contributed by atoms with van der Waals surface area (Å²) in [4.78, 5) is 17.1. The van der Waals surface area contributed by atoms with E-state index in [1.807, 2.05) is 20.8 Å². The van der Waals surface area contributed by atoms with E-state index in [0.717, 1.165) is 37.0 Å². The molecule has 4 heterocycles. The Hall–Kier alpha value is -1.94. The summed E-state index contributed by atoms with van der Waals surface area (Å²) >= 11 is 0. The van der Waals surface area contributed by atoms with Crippen LogP contribution < -0.4 is 0 Å². The maximum absolute atomic E-state index is 14.3. The number of azide groups is 1. The average molecular weight is 572 g/mol. The highest BCUT2D eigenvalue weighted by molar-refractivity contribution is 5.86. The lowest BCUT2D eigenvalue weighted by atomic mass is 9.34. The lowest BCUT2D eigenvalue weighted by Crippen LogP contribution is -2.89. The second-order valence-electron chi connectivity index (χ2n) is 14.3. The number of rotatable bonds is 7. The van der Waals surface area contributed by atoms with Gasteiger partial charge in [-0.25, -0.2) is 0 Å². The minimum atomic E-state index is -1.54. The molecule has 41 heavy (non-hydrogen) atoms. The number of carbonyl (C=O) groups is 1. The zero-order valence-electron chi connectivity index (χ0n) is 25.3. The first-order chi connectivity index (χ1) is 19.3. The minimum Gasteiger partial charge on any atom is -0.469 e. The molecule has 0 aromatic carbocycles. The number of aliphatic hydroxyl groups is 1. The van der Waals surface area contributed by atoms with Crippen molar-refractivity contribution < 1.29 is 33.6 Å². The Morgan fingerprint density at radius 1 is 1.22 bits per heavy atom. The van der Waals surface area contributed by atoms with Gasteiger partial charge in [-0.2, -0.15) is 0 Å². The highest BCUT2D eigenvalue weighted by atomic mass is 16.8. The predicted molar refractivity (Wildman–Crippen MR) is 149 cm³/mol. The molecule has 2 bridgehead atoms. The second kappa shape index (κ2) is 9.53. The molecule has 3 aliphatic carbocycles. The highest BCUT2D eigenvalue weighted by Gasteiger charge is 2.87. The summed E-state index contributed by atoms with van der Waals surface area (Å²) in [6.45, 7) is 17.1. The molecule has 0 amide bonds. The normalized spacial score (nSPS) is 45.0. The van der Waals surface area contributed by atoms with Crippen LogP contribution in [0.3, 0.4) is 0 Å². The van der Waals surface area contributed by atoms with Crippen molar-refractivity contribution >= 4 is 5.78 Å². The molecular weight excluding hydrogens is 526 g/mol. The van der Waals surface area contributed by atoms with E-state index in [4.69, 9.17) is 29.2 Å². The van der Waals surface area contributed by atoms with Gasteiger partial charge in [0.05, 0.1) is 24.7 Å². The van der Waals surface area contributed by atoms with Gasteiger partial charge in [0, 0.05) is 29.7 Å². The van der Waals surface area contributed by atoms with Crippen LogP contribution in [0.15, 0.2) is 28.6 Å². The fraction of sp³-hybridized carbons (Fsp3) is 0.839. The van der Waals surface area contributed by atoms with E-state index < -0.39 is 40.9 Å². The number of hydrogen-bond acceptors (Lipinski definition) is 8. The number of nitrogens with zero attached hydrogens (tertiary/aromatic N) is 3. The van der Waals surface area contributed by atoms with Crippen LogP contribution in [-0.4, -0.2) is 60.7 Å². The molecule has 10 nitrogen and oxygen atoms in total. The largest absolute Gasteiger partial charge is 0.469 e. The Morgan fingerprint density at radius 2 is 1.98 bits per heavy atom. The molecule has 0 aromatic rings. The summed E-state index contributed by atoms with van der Waals surface area (Å²) in [5.41, 5.74) is 8.47. The third kappa shape index (κ3) is 3.74. The lowest BCUT2D eigenvalue weighted by molar-refractivity contribution is -0.531. The Balaban J connectivity index is 1.50. The number of ketones is 1. The van der Waals surface area contributed by atoms with Crippen molar-refractivity contribution in [2.45, 2.75) is 110 Å². The van der Waals surface area contributed by atoms with Crippen molar-refractivity contribution in [2.75, 3.05) is 19.8 Å². The first kappa shape index (κ1) is 29.1. The minimum absolute atomic E-state index is 0.0790. The summed E-state index contributed by atoms with van der Waals surface area (Å²) in [6, 6.07) is 0. The van der Waals surface area contributed by atoms with Crippen LogP contribution in [0.25, 0.3) is 10.4 Å². The predicted octanol–water partition coefficient (Wildman–Crippen LogP) is 5.56. The van der Waals surface area contributed by atoms with Crippen LogP contribution in [0, 0.1) is 34.0 Å². The number of carbonyl (C=O) groups excluding carboxylic acids is 1. The van der Waals surface area contributed by atoms with Crippen molar-refractivity contribution in [1.29, 1.82) is 0 Å². The molecule has 2 saturated carbocycles. The van der Waals surface area contributed by atoms with Crippen LogP contribution in [0.4, 0.5) is 0 Å². The number of ether oxygens (including phenoxy) is 5. The molecule has 3 saturated heterocycles. The second-order valence-corrected chi connectivity index (χ2v) is 14.3. The molecule has 9 atom stereocenters. The lowest BCUT2D eigenvalue weighted by Gasteiger charge is -2.78. The van der Waals surface area contributed by atoms with Crippen molar-refractivity contribution in [3.8, 4) is 0 Å². The van der Waals surface area contributed by atoms with Gasteiger partial charge in [-0.1, -0.05) is 31.1 Å². The zero-order chi connectivity index (χ0) is 29.6. The number of fused-ring (bicyclic) bond motifs is 1. The zero-order valence-corrected chi connectivity index (χ0v) is 25.3. The average Bonchev–Trinajstić information content (AvgIpc) is 2.88. The molecule has 5 fully saturated rings. The summed E-state index contributed by atoms with van der Waals surface area (Å²) < 4.78 is 33.1. The van der Waals surface area contributed by atoms with E-state index in [2.05, 4.69) is 30.5 Å². The fourth-order valence-electron chi connectivity index (χ4n) is 10.1. The smallest absolute Gasteiger partial charge is 0.213 e. The maximum atomic E-state index is 14.3. The molecule has 7 aliphatic rings. The summed E-state index contributed by atoms with van der Waals surface area (Å²) in [6.07, 6.45) is 2.37. The van der Waals surface area contributed by atoms with Gasteiger partial charge in [0.1, 0.15) is 23.1 Å². The third-order valence-corrected chi connectivity index (χ3v) is 11.1. The Morgan fingerprint density at radius 3 is 2.66 bits per heavy atom. The fourth-order valence-corrected chi connectivity index (χ4v) is 10.1. The topological polar surface area (TPSA) is 132 Å². The van der Waals surface area contributed by atoms with Crippen molar-refractivity contribution in [2.24, 2.45) is 39.1 Å². The van der Waals surface area contributed by atoms with Gasteiger partial charge in [0.15, 0.2) is 12.1 Å². The summed E-state index contributed by atoms with van der Waals surface area (Å²) in [5, 5.41) is 16.2. The molecule has 0 aromatic heterocycles. The maximum Gasteiger partial charge on any atom is 0.213 e. The highest BCUT2D eigenvalue weighted by Crippen LogP contribution is 2.78. The monoisotopic (exact) mass is 571 g/mol. The van der Waals surface area contributed by atoms with Gasteiger partial charge in [0.25, 0.3) is 0 Å². The molecule has 2 spiro atoms. The number of Topliss-reactive ketones (excluding diaryl/α,β-unsaturated/α-hetero) is 1. The Labute approximate surface area is 242 Å². The van der Waals surface area contributed by atoms with E-state index >= 15 is 0 Å². The summed E-state index contributed by atoms with van der Waals surface area (Å²) in [7, 11) is 0. The first-order valence-corrected chi connectivity index (χ1v) is 15.2. The molecule has 1 N–H and O–H groups in total. The number of hydrogen-bond donors (Lipinski definition) is 1. The van der Waals surface area contributed by atoms with Crippen LogP contribution in [0.2, 0.25) is 0 Å². The molecule has 7 rings (SSSR count). The van der Waals surface area contributed by atoms with Gasteiger partial charge in [0.2, 0.25) is 5.79 Å².